The summed E-state index contributed by atoms with van der Waals surface area (Å²) in [4.78, 5) is 43.2. The van der Waals surface area contributed by atoms with Crippen LogP contribution in [0.5, 0.6) is 0 Å². The van der Waals surface area contributed by atoms with Crippen molar-refractivity contribution in [1.29, 1.82) is 0 Å². The number of likely N-dealkylation sites (N-methyl/N-ethyl adjacent to an activating group) is 2. The topological polar surface area (TPSA) is 82.2 Å². The Hall–Kier alpha value is -4.27. The van der Waals surface area contributed by atoms with E-state index in [4.69, 9.17) is 4.74 Å². The number of allylic oxidation sites excluding steroid dienone is 1. The number of anilines is 2. The van der Waals surface area contributed by atoms with Gasteiger partial charge in [0.05, 0.1) is 24.9 Å². The summed E-state index contributed by atoms with van der Waals surface area (Å²) >= 11 is 0. The number of carbonyl (C=O) groups excluding carboxylic acids is 3. The summed E-state index contributed by atoms with van der Waals surface area (Å²) in [6.45, 7) is 4.10. The number of hydrogen-bond donors (Lipinski definition) is 1. The van der Waals surface area contributed by atoms with E-state index < -0.39 is 5.97 Å². The first kappa shape index (κ1) is 27.8. The van der Waals surface area contributed by atoms with E-state index in [-0.39, 0.29) is 5.91 Å². The summed E-state index contributed by atoms with van der Waals surface area (Å²) < 4.78 is 4.78. The average Bonchev–Trinajstić information content (AvgIpc) is 2.98. The van der Waals surface area contributed by atoms with Crippen LogP contribution in [0.1, 0.15) is 21.5 Å². The third-order valence-electron chi connectivity index (χ3n) is 6.92. The van der Waals surface area contributed by atoms with Gasteiger partial charge in [-0.3, -0.25) is 14.5 Å². The molecule has 0 saturated carbocycles. The summed E-state index contributed by atoms with van der Waals surface area (Å²) in [5.41, 5.74) is 4.53. The summed E-state index contributed by atoms with van der Waals surface area (Å²) in [6, 6.07) is 23.9. The van der Waals surface area contributed by atoms with E-state index in [1.165, 1.54) is 7.11 Å². The molecule has 0 spiro atoms. The molecule has 0 unspecified atom stereocenters. The molecule has 0 radical (unpaired) electrons. The Labute approximate surface area is 229 Å². The lowest BCUT2D eigenvalue weighted by Gasteiger charge is -2.32. The van der Waals surface area contributed by atoms with Crippen molar-refractivity contribution in [2.75, 3.05) is 64.1 Å². The molecule has 1 saturated heterocycles. The fourth-order valence-electron chi connectivity index (χ4n) is 4.43. The maximum absolute atomic E-state index is 12.9. The van der Waals surface area contributed by atoms with Crippen molar-refractivity contribution >= 4 is 40.8 Å². The molecule has 1 aliphatic heterocycles. The molecule has 1 aliphatic rings. The van der Waals surface area contributed by atoms with E-state index in [1.807, 2.05) is 54.6 Å². The molecule has 3 aromatic carbocycles. The van der Waals surface area contributed by atoms with Gasteiger partial charge in [-0.2, -0.15) is 0 Å². The SMILES string of the molecule is COC(=O)c1ccc(/C(C=O)=C(/Nc2ccc(N(C)C(=O)CN3CCN(C)CC3)cc2)c2ccccc2)cc1. The number of nitrogens with one attached hydrogen (secondary N) is 1. The number of esters is 1. The summed E-state index contributed by atoms with van der Waals surface area (Å²) in [7, 11) is 5.22. The molecule has 0 aliphatic carbocycles. The normalized spacial score (nSPS) is 14.7. The van der Waals surface area contributed by atoms with Gasteiger partial charge in [0.25, 0.3) is 0 Å². The van der Waals surface area contributed by atoms with Gasteiger partial charge < -0.3 is 19.9 Å². The fraction of sp³-hybridized carbons (Fsp3) is 0.258. The lowest BCUT2D eigenvalue weighted by atomic mass is 9.99. The van der Waals surface area contributed by atoms with E-state index in [2.05, 4.69) is 22.2 Å². The van der Waals surface area contributed by atoms with E-state index >= 15 is 0 Å². The van der Waals surface area contributed by atoms with E-state index in [0.29, 0.717) is 28.9 Å². The number of hydrogen-bond acceptors (Lipinski definition) is 7. The second-order valence-corrected chi connectivity index (χ2v) is 9.55. The predicted molar refractivity (Wildman–Crippen MR) is 155 cm³/mol. The summed E-state index contributed by atoms with van der Waals surface area (Å²) in [6.07, 6.45) is 0.807. The number of carbonyl (C=O) groups is 3. The van der Waals surface area contributed by atoms with Crippen LogP contribution in [0.3, 0.4) is 0 Å². The van der Waals surface area contributed by atoms with Crippen molar-refractivity contribution in [3.63, 3.8) is 0 Å². The molecule has 202 valence electrons. The Kier molecular flexibility index (Phi) is 9.25. The predicted octanol–water partition coefficient (Wildman–Crippen LogP) is 3.86. The lowest BCUT2D eigenvalue weighted by molar-refractivity contribution is -0.119. The molecular weight excluding hydrogens is 492 g/mol. The molecular formula is C31H34N4O4. The average molecular weight is 527 g/mol. The van der Waals surface area contributed by atoms with Gasteiger partial charge in [-0.15, -0.1) is 0 Å². The van der Waals surface area contributed by atoms with Gasteiger partial charge in [-0.1, -0.05) is 42.5 Å². The minimum absolute atomic E-state index is 0.0452. The highest BCUT2D eigenvalue weighted by Gasteiger charge is 2.20. The zero-order valence-electron chi connectivity index (χ0n) is 22.6. The van der Waals surface area contributed by atoms with E-state index in [9.17, 15) is 14.4 Å². The molecule has 1 amide bonds. The highest BCUT2D eigenvalue weighted by molar-refractivity contribution is 6.19. The van der Waals surface area contributed by atoms with Crippen LogP contribution in [-0.2, 0) is 14.3 Å². The number of nitrogens with zero attached hydrogens (tertiary/aromatic N) is 3. The molecule has 0 atom stereocenters. The number of methoxy groups -OCH3 is 1. The van der Waals surface area contributed by atoms with Crippen molar-refractivity contribution in [2.45, 2.75) is 0 Å². The molecule has 1 N–H and O–H groups in total. The van der Waals surface area contributed by atoms with Gasteiger partial charge in [0.15, 0.2) is 6.29 Å². The van der Waals surface area contributed by atoms with Crippen LogP contribution >= 0.6 is 0 Å². The standard InChI is InChI=1S/C31H34N4O4/c1-33-17-19-35(20-18-33)21-29(37)34(2)27-15-13-26(14-16-27)32-30(24-7-5-4-6-8-24)28(22-36)23-9-11-25(12-10-23)31(38)39-3/h4-16,22,32H,17-21H2,1-3H3/b30-28+. The van der Waals surface area contributed by atoms with Gasteiger partial charge in [-0.05, 0) is 54.6 Å². The quantitative estimate of drug-likeness (QED) is 0.196. The molecule has 1 fully saturated rings. The molecule has 3 aromatic rings. The van der Waals surface area contributed by atoms with Crippen molar-refractivity contribution < 1.29 is 19.1 Å². The zero-order chi connectivity index (χ0) is 27.8. The van der Waals surface area contributed by atoms with Crippen molar-refractivity contribution in [2.24, 2.45) is 0 Å². The first-order chi connectivity index (χ1) is 18.9. The Morgan fingerprint density at radius 3 is 2.08 bits per heavy atom. The van der Waals surface area contributed by atoms with Crippen LogP contribution in [0.4, 0.5) is 11.4 Å². The first-order valence-corrected chi connectivity index (χ1v) is 12.9. The maximum atomic E-state index is 12.9. The zero-order valence-corrected chi connectivity index (χ0v) is 22.6. The van der Waals surface area contributed by atoms with Crippen LogP contribution in [0, 0.1) is 0 Å². The highest BCUT2D eigenvalue weighted by Crippen LogP contribution is 2.28. The molecule has 8 nitrogen and oxygen atoms in total. The van der Waals surface area contributed by atoms with Crippen molar-refractivity contribution in [1.82, 2.24) is 9.80 Å². The largest absolute Gasteiger partial charge is 0.465 e. The van der Waals surface area contributed by atoms with Gasteiger partial charge in [0.1, 0.15) is 0 Å². The second kappa shape index (κ2) is 13.0. The fourth-order valence-corrected chi connectivity index (χ4v) is 4.43. The van der Waals surface area contributed by atoms with Gasteiger partial charge in [0.2, 0.25) is 5.91 Å². The summed E-state index contributed by atoms with van der Waals surface area (Å²) in [5, 5.41) is 3.40. The van der Waals surface area contributed by atoms with Crippen LogP contribution in [-0.4, -0.2) is 81.9 Å². The Bertz CT molecular complexity index is 1310. The van der Waals surface area contributed by atoms with Crippen LogP contribution in [0.2, 0.25) is 0 Å². The maximum Gasteiger partial charge on any atom is 0.337 e. The number of benzene rings is 3. The number of ether oxygens (including phenoxy) is 1. The number of aldehydes is 1. The van der Waals surface area contributed by atoms with Gasteiger partial charge in [-0.25, -0.2) is 4.79 Å². The van der Waals surface area contributed by atoms with E-state index in [0.717, 1.165) is 49.4 Å². The van der Waals surface area contributed by atoms with Crippen LogP contribution in [0.15, 0.2) is 78.9 Å². The molecule has 8 heteroatoms. The summed E-state index contributed by atoms with van der Waals surface area (Å²) in [5.74, 6) is -0.393. The lowest BCUT2D eigenvalue weighted by Crippen LogP contribution is -2.48. The minimum Gasteiger partial charge on any atom is -0.465 e. The van der Waals surface area contributed by atoms with Gasteiger partial charge >= 0.3 is 5.97 Å². The second-order valence-electron chi connectivity index (χ2n) is 9.55. The van der Waals surface area contributed by atoms with Crippen molar-refractivity contribution in [3.05, 3.63) is 95.6 Å². The number of amides is 1. The molecule has 0 aromatic heterocycles. The van der Waals surface area contributed by atoms with E-state index in [1.54, 1.807) is 36.2 Å². The van der Waals surface area contributed by atoms with Crippen LogP contribution < -0.4 is 10.2 Å². The smallest absolute Gasteiger partial charge is 0.337 e. The Morgan fingerprint density at radius 2 is 1.49 bits per heavy atom. The molecule has 4 rings (SSSR count). The first-order valence-electron chi connectivity index (χ1n) is 12.9. The molecule has 1 heterocycles. The highest BCUT2D eigenvalue weighted by atomic mass is 16.5. The third kappa shape index (κ3) is 6.98. The number of piperazine rings is 1. The Morgan fingerprint density at radius 1 is 0.872 bits per heavy atom. The van der Waals surface area contributed by atoms with Crippen LogP contribution in [0.25, 0.3) is 11.3 Å². The molecule has 39 heavy (non-hydrogen) atoms. The molecule has 0 bridgehead atoms. The monoisotopic (exact) mass is 526 g/mol. The van der Waals surface area contributed by atoms with Crippen molar-refractivity contribution in [3.8, 4) is 0 Å². The minimum atomic E-state index is -0.438. The third-order valence-corrected chi connectivity index (χ3v) is 6.92. The van der Waals surface area contributed by atoms with Gasteiger partial charge in [0, 0.05) is 50.2 Å². The Balaban J connectivity index is 1.56. The number of rotatable bonds is 9.